The molecule has 0 atom stereocenters. The Morgan fingerprint density at radius 2 is 2.14 bits per heavy atom. The minimum absolute atomic E-state index is 0.0279. The Labute approximate surface area is 87.2 Å². The SMILES string of the molecule is Cc1cc(Cl)c2cc(CO)ccc2n1. The van der Waals surface area contributed by atoms with E-state index in [0.717, 1.165) is 22.2 Å². The van der Waals surface area contributed by atoms with Gasteiger partial charge in [0.2, 0.25) is 0 Å². The van der Waals surface area contributed by atoms with Crippen LogP contribution in [0.5, 0.6) is 0 Å². The normalized spacial score (nSPS) is 10.8. The molecule has 0 spiro atoms. The van der Waals surface area contributed by atoms with Crippen LogP contribution in [-0.4, -0.2) is 10.1 Å². The van der Waals surface area contributed by atoms with Gasteiger partial charge in [0.05, 0.1) is 17.1 Å². The lowest BCUT2D eigenvalue weighted by atomic mass is 10.1. The topological polar surface area (TPSA) is 33.1 Å². The molecule has 0 aliphatic carbocycles. The van der Waals surface area contributed by atoms with Gasteiger partial charge >= 0.3 is 0 Å². The number of pyridine rings is 1. The molecule has 0 saturated heterocycles. The number of benzene rings is 1. The summed E-state index contributed by atoms with van der Waals surface area (Å²) in [5, 5.41) is 10.6. The number of aryl methyl sites for hydroxylation is 1. The van der Waals surface area contributed by atoms with Crippen molar-refractivity contribution in [3.05, 3.63) is 40.5 Å². The minimum Gasteiger partial charge on any atom is -0.392 e. The average molecular weight is 208 g/mol. The standard InChI is InChI=1S/C11H10ClNO/c1-7-4-10(12)9-5-8(6-14)2-3-11(9)13-7/h2-5,14H,6H2,1H3. The van der Waals surface area contributed by atoms with Crippen LogP contribution in [-0.2, 0) is 6.61 Å². The number of hydrogen-bond donors (Lipinski definition) is 1. The fraction of sp³-hybridized carbons (Fsp3) is 0.182. The van der Waals surface area contributed by atoms with Gasteiger partial charge in [-0.25, -0.2) is 0 Å². The Kier molecular flexibility index (Phi) is 2.40. The summed E-state index contributed by atoms with van der Waals surface area (Å²) in [4.78, 5) is 4.35. The van der Waals surface area contributed by atoms with E-state index in [1.54, 1.807) is 0 Å². The van der Waals surface area contributed by atoms with E-state index in [1.807, 2.05) is 31.2 Å². The van der Waals surface area contributed by atoms with Gasteiger partial charge in [-0.3, -0.25) is 4.98 Å². The highest BCUT2D eigenvalue weighted by atomic mass is 35.5. The molecule has 1 heterocycles. The second-order valence-corrected chi connectivity index (χ2v) is 3.66. The summed E-state index contributed by atoms with van der Waals surface area (Å²) in [7, 11) is 0. The predicted octanol–water partition coefficient (Wildman–Crippen LogP) is 2.69. The first-order valence-electron chi connectivity index (χ1n) is 4.37. The van der Waals surface area contributed by atoms with Gasteiger partial charge in [0.15, 0.2) is 0 Å². The first-order valence-corrected chi connectivity index (χ1v) is 4.75. The first kappa shape index (κ1) is 9.44. The van der Waals surface area contributed by atoms with Crippen LogP contribution in [0.15, 0.2) is 24.3 Å². The Bertz CT molecular complexity index is 482. The highest BCUT2D eigenvalue weighted by Gasteiger charge is 2.02. The van der Waals surface area contributed by atoms with E-state index in [4.69, 9.17) is 16.7 Å². The molecule has 0 aliphatic heterocycles. The van der Waals surface area contributed by atoms with Crippen molar-refractivity contribution in [2.75, 3.05) is 0 Å². The van der Waals surface area contributed by atoms with Crippen molar-refractivity contribution in [3.8, 4) is 0 Å². The van der Waals surface area contributed by atoms with Crippen molar-refractivity contribution >= 4 is 22.5 Å². The monoisotopic (exact) mass is 207 g/mol. The van der Waals surface area contributed by atoms with Crippen LogP contribution < -0.4 is 0 Å². The summed E-state index contributed by atoms with van der Waals surface area (Å²) >= 11 is 6.07. The number of aliphatic hydroxyl groups is 1. The van der Waals surface area contributed by atoms with Crippen LogP contribution >= 0.6 is 11.6 Å². The number of fused-ring (bicyclic) bond motifs is 1. The molecule has 0 radical (unpaired) electrons. The highest BCUT2D eigenvalue weighted by Crippen LogP contribution is 2.23. The van der Waals surface area contributed by atoms with Gasteiger partial charge in [-0.15, -0.1) is 0 Å². The van der Waals surface area contributed by atoms with E-state index in [0.29, 0.717) is 5.02 Å². The Hall–Kier alpha value is -1.12. The molecular weight excluding hydrogens is 198 g/mol. The number of aromatic nitrogens is 1. The molecule has 72 valence electrons. The quantitative estimate of drug-likeness (QED) is 0.780. The molecule has 2 aromatic rings. The summed E-state index contributed by atoms with van der Waals surface area (Å²) in [6, 6.07) is 7.42. The fourth-order valence-electron chi connectivity index (χ4n) is 1.45. The van der Waals surface area contributed by atoms with Crippen LogP contribution in [0.1, 0.15) is 11.3 Å². The zero-order valence-electron chi connectivity index (χ0n) is 7.79. The highest BCUT2D eigenvalue weighted by molar-refractivity contribution is 6.35. The van der Waals surface area contributed by atoms with Gasteiger partial charge in [-0.2, -0.15) is 0 Å². The largest absolute Gasteiger partial charge is 0.392 e. The summed E-state index contributed by atoms with van der Waals surface area (Å²) in [5.41, 5.74) is 2.62. The number of nitrogens with zero attached hydrogens (tertiary/aromatic N) is 1. The Balaban J connectivity index is 2.75. The van der Waals surface area contributed by atoms with Gasteiger partial charge in [0.25, 0.3) is 0 Å². The van der Waals surface area contributed by atoms with Gasteiger partial charge in [-0.1, -0.05) is 17.7 Å². The van der Waals surface area contributed by atoms with Crippen molar-refractivity contribution in [1.29, 1.82) is 0 Å². The first-order chi connectivity index (χ1) is 6.70. The van der Waals surface area contributed by atoms with Crippen LogP contribution in [0.3, 0.4) is 0 Å². The lowest BCUT2D eigenvalue weighted by Crippen LogP contribution is -1.88. The number of halogens is 1. The summed E-state index contributed by atoms with van der Waals surface area (Å²) < 4.78 is 0. The van der Waals surface area contributed by atoms with E-state index in [-0.39, 0.29) is 6.61 Å². The molecule has 3 heteroatoms. The van der Waals surface area contributed by atoms with Gasteiger partial charge < -0.3 is 5.11 Å². The molecular formula is C11H10ClNO. The minimum atomic E-state index is 0.0279. The van der Waals surface area contributed by atoms with E-state index in [1.165, 1.54) is 0 Å². The maximum absolute atomic E-state index is 8.98. The number of rotatable bonds is 1. The molecule has 0 amide bonds. The Morgan fingerprint density at radius 3 is 2.86 bits per heavy atom. The van der Waals surface area contributed by atoms with Crippen molar-refractivity contribution in [2.24, 2.45) is 0 Å². The van der Waals surface area contributed by atoms with Crippen LogP contribution in [0, 0.1) is 6.92 Å². The van der Waals surface area contributed by atoms with Crippen LogP contribution in [0.2, 0.25) is 5.02 Å². The molecule has 1 aromatic carbocycles. The molecule has 0 saturated carbocycles. The number of hydrogen-bond acceptors (Lipinski definition) is 2. The van der Waals surface area contributed by atoms with E-state index in [9.17, 15) is 0 Å². The molecule has 2 rings (SSSR count). The summed E-state index contributed by atoms with van der Waals surface area (Å²) in [6.07, 6.45) is 0. The third kappa shape index (κ3) is 1.59. The molecule has 0 aliphatic rings. The smallest absolute Gasteiger partial charge is 0.0720 e. The second kappa shape index (κ2) is 3.56. The second-order valence-electron chi connectivity index (χ2n) is 3.26. The molecule has 1 N–H and O–H groups in total. The molecule has 2 nitrogen and oxygen atoms in total. The van der Waals surface area contributed by atoms with Crippen molar-refractivity contribution in [1.82, 2.24) is 4.98 Å². The molecule has 0 unspecified atom stereocenters. The zero-order valence-corrected chi connectivity index (χ0v) is 8.54. The van der Waals surface area contributed by atoms with Crippen LogP contribution in [0.25, 0.3) is 10.9 Å². The van der Waals surface area contributed by atoms with Crippen LogP contribution in [0.4, 0.5) is 0 Å². The van der Waals surface area contributed by atoms with Crippen molar-refractivity contribution in [3.63, 3.8) is 0 Å². The summed E-state index contributed by atoms with van der Waals surface area (Å²) in [6.45, 7) is 1.94. The lowest BCUT2D eigenvalue weighted by molar-refractivity contribution is 0.282. The van der Waals surface area contributed by atoms with Crippen molar-refractivity contribution in [2.45, 2.75) is 13.5 Å². The predicted molar refractivity (Wildman–Crippen MR) is 57.4 cm³/mol. The van der Waals surface area contributed by atoms with Gasteiger partial charge in [0, 0.05) is 11.1 Å². The maximum atomic E-state index is 8.98. The van der Waals surface area contributed by atoms with E-state index >= 15 is 0 Å². The van der Waals surface area contributed by atoms with Crippen molar-refractivity contribution < 1.29 is 5.11 Å². The number of aliphatic hydroxyl groups excluding tert-OH is 1. The fourth-order valence-corrected chi connectivity index (χ4v) is 1.76. The molecule has 0 bridgehead atoms. The Morgan fingerprint density at radius 1 is 1.36 bits per heavy atom. The zero-order chi connectivity index (χ0) is 10.1. The molecule has 14 heavy (non-hydrogen) atoms. The van der Waals surface area contributed by atoms with Gasteiger partial charge in [0.1, 0.15) is 0 Å². The third-order valence-corrected chi connectivity index (χ3v) is 2.45. The average Bonchev–Trinajstić information content (AvgIpc) is 2.17. The van der Waals surface area contributed by atoms with E-state index in [2.05, 4.69) is 4.98 Å². The van der Waals surface area contributed by atoms with Gasteiger partial charge in [-0.05, 0) is 30.7 Å². The third-order valence-electron chi connectivity index (χ3n) is 2.13. The molecule has 0 fully saturated rings. The summed E-state index contributed by atoms with van der Waals surface area (Å²) in [5.74, 6) is 0. The maximum Gasteiger partial charge on any atom is 0.0720 e. The van der Waals surface area contributed by atoms with E-state index < -0.39 is 0 Å². The lowest BCUT2D eigenvalue weighted by Gasteiger charge is -2.03. The molecule has 1 aromatic heterocycles.